The van der Waals surface area contributed by atoms with Gasteiger partial charge in [0.05, 0.1) is 18.9 Å². The quantitative estimate of drug-likeness (QED) is 0.801. The molecule has 3 rings (SSSR count). The van der Waals surface area contributed by atoms with Gasteiger partial charge in [0.25, 0.3) is 0 Å². The lowest BCUT2D eigenvalue weighted by Gasteiger charge is -2.04. The molecule has 1 amide bonds. The Morgan fingerprint density at radius 1 is 1.18 bits per heavy atom. The second kappa shape index (κ2) is 6.10. The molecule has 108 valence electrons. The first-order chi connectivity index (χ1) is 10.8. The van der Waals surface area contributed by atoms with Crippen molar-refractivity contribution in [2.24, 2.45) is 0 Å². The van der Waals surface area contributed by atoms with Crippen molar-refractivity contribution < 1.29 is 9.32 Å². The average Bonchev–Trinajstić information content (AvgIpc) is 2.93. The summed E-state index contributed by atoms with van der Waals surface area (Å²) in [6.07, 6.45) is 0.510. The number of hydrogen-bond acceptors (Lipinski definition) is 4. The molecule has 5 heteroatoms. The molecule has 0 bridgehead atoms. The van der Waals surface area contributed by atoms with Crippen LogP contribution < -0.4 is 5.32 Å². The SMILES string of the molecule is N#CCc1ccc(NC(=O)Cc2noc3ccccc23)cc1. The molecule has 3 aromatic rings. The summed E-state index contributed by atoms with van der Waals surface area (Å²) in [5, 5.41) is 16.2. The molecule has 1 N–H and O–H groups in total. The number of carbonyl (C=O) groups excluding carboxylic acids is 1. The monoisotopic (exact) mass is 291 g/mol. The molecule has 0 atom stereocenters. The number of para-hydroxylation sites is 1. The van der Waals surface area contributed by atoms with Crippen molar-refractivity contribution in [2.75, 3.05) is 5.32 Å². The maximum atomic E-state index is 12.1. The van der Waals surface area contributed by atoms with Crippen LogP contribution in [0.4, 0.5) is 5.69 Å². The number of nitrogens with zero attached hydrogens (tertiary/aromatic N) is 2. The van der Waals surface area contributed by atoms with Crippen LogP contribution in [-0.4, -0.2) is 11.1 Å². The predicted molar refractivity (Wildman–Crippen MR) is 82.1 cm³/mol. The van der Waals surface area contributed by atoms with Crippen molar-refractivity contribution in [3.05, 3.63) is 59.8 Å². The summed E-state index contributed by atoms with van der Waals surface area (Å²) < 4.78 is 5.18. The van der Waals surface area contributed by atoms with E-state index in [0.717, 1.165) is 10.9 Å². The van der Waals surface area contributed by atoms with Gasteiger partial charge in [0.1, 0.15) is 5.69 Å². The van der Waals surface area contributed by atoms with Crippen LogP contribution in [0, 0.1) is 11.3 Å². The molecule has 0 fully saturated rings. The van der Waals surface area contributed by atoms with E-state index in [1.165, 1.54) is 0 Å². The highest BCUT2D eigenvalue weighted by atomic mass is 16.5. The fourth-order valence-corrected chi connectivity index (χ4v) is 2.22. The normalized spacial score (nSPS) is 10.3. The third-order valence-corrected chi connectivity index (χ3v) is 3.30. The van der Waals surface area contributed by atoms with Gasteiger partial charge < -0.3 is 9.84 Å². The van der Waals surface area contributed by atoms with Gasteiger partial charge in [-0.3, -0.25) is 4.79 Å². The lowest BCUT2D eigenvalue weighted by atomic mass is 10.1. The number of anilines is 1. The van der Waals surface area contributed by atoms with E-state index in [1.807, 2.05) is 36.4 Å². The Morgan fingerprint density at radius 2 is 1.95 bits per heavy atom. The Hall–Kier alpha value is -3.13. The van der Waals surface area contributed by atoms with Gasteiger partial charge in [-0.25, -0.2) is 0 Å². The Labute approximate surface area is 127 Å². The number of carbonyl (C=O) groups is 1. The van der Waals surface area contributed by atoms with E-state index in [2.05, 4.69) is 16.5 Å². The maximum Gasteiger partial charge on any atom is 0.230 e. The van der Waals surface area contributed by atoms with Gasteiger partial charge in [-0.2, -0.15) is 5.26 Å². The summed E-state index contributed by atoms with van der Waals surface area (Å²) in [7, 11) is 0. The van der Waals surface area contributed by atoms with E-state index in [1.54, 1.807) is 12.1 Å². The smallest absolute Gasteiger partial charge is 0.230 e. The number of amides is 1. The molecule has 2 aromatic carbocycles. The average molecular weight is 291 g/mol. The first kappa shape index (κ1) is 13.8. The van der Waals surface area contributed by atoms with Crippen LogP contribution in [0.3, 0.4) is 0 Å². The number of benzene rings is 2. The van der Waals surface area contributed by atoms with Gasteiger partial charge in [0, 0.05) is 11.1 Å². The maximum absolute atomic E-state index is 12.1. The summed E-state index contributed by atoms with van der Waals surface area (Å²) in [4.78, 5) is 12.1. The number of hydrogen-bond donors (Lipinski definition) is 1. The third kappa shape index (κ3) is 2.96. The van der Waals surface area contributed by atoms with Crippen molar-refractivity contribution in [1.82, 2.24) is 5.16 Å². The number of nitriles is 1. The molecule has 5 nitrogen and oxygen atoms in total. The van der Waals surface area contributed by atoms with Gasteiger partial charge in [0.2, 0.25) is 5.91 Å². The Kier molecular flexibility index (Phi) is 3.84. The Morgan fingerprint density at radius 3 is 2.73 bits per heavy atom. The van der Waals surface area contributed by atoms with Crippen LogP contribution in [0.2, 0.25) is 0 Å². The second-order valence-electron chi connectivity index (χ2n) is 4.88. The summed E-state index contributed by atoms with van der Waals surface area (Å²) >= 11 is 0. The molecule has 0 saturated carbocycles. The van der Waals surface area contributed by atoms with Gasteiger partial charge in [-0.15, -0.1) is 0 Å². The molecule has 0 radical (unpaired) electrons. The molecule has 0 aliphatic rings. The molecular formula is C17H13N3O2. The minimum absolute atomic E-state index is 0.150. The van der Waals surface area contributed by atoms with Crippen LogP contribution in [0.5, 0.6) is 0 Å². The highest BCUT2D eigenvalue weighted by Crippen LogP contribution is 2.18. The van der Waals surface area contributed by atoms with Crippen molar-refractivity contribution in [3.63, 3.8) is 0 Å². The van der Waals surface area contributed by atoms with Gasteiger partial charge >= 0.3 is 0 Å². The molecule has 1 heterocycles. The fraction of sp³-hybridized carbons (Fsp3) is 0.118. The lowest BCUT2D eigenvalue weighted by Crippen LogP contribution is -2.14. The van der Waals surface area contributed by atoms with Gasteiger partial charge in [-0.1, -0.05) is 29.4 Å². The van der Waals surface area contributed by atoms with E-state index >= 15 is 0 Å². The minimum atomic E-state index is -0.160. The van der Waals surface area contributed by atoms with Crippen molar-refractivity contribution in [1.29, 1.82) is 5.26 Å². The lowest BCUT2D eigenvalue weighted by molar-refractivity contribution is -0.115. The second-order valence-corrected chi connectivity index (χ2v) is 4.88. The van der Waals surface area contributed by atoms with Crippen molar-refractivity contribution in [2.45, 2.75) is 12.8 Å². The standard InChI is InChI=1S/C17H13N3O2/c18-10-9-12-5-7-13(8-6-12)19-17(21)11-15-14-3-1-2-4-16(14)22-20-15/h1-8H,9,11H2,(H,19,21). The Bertz CT molecular complexity index is 844. The van der Waals surface area contributed by atoms with Crippen LogP contribution in [0.15, 0.2) is 53.1 Å². The molecule has 22 heavy (non-hydrogen) atoms. The number of fused-ring (bicyclic) bond motifs is 1. The molecule has 0 spiro atoms. The summed E-state index contributed by atoms with van der Waals surface area (Å²) in [5.74, 6) is -0.160. The van der Waals surface area contributed by atoms with E-state index in [4.69, 9.17) is 9.78 Å². The largest absolute Gasteiger partial charge is 0.356 e. The molecular weight excluding hydrogens is 278 g/mol. The van der Waals surface area contributed by atoms with E-state index in [-0.39, 0.29) is 12.3 Å². The molecule has 0 aliphatic heterocycles. The summed E-state index contributed by atoms with van der Waals surface area (Å²) in [6, 6.07) is 16.7. The first-order valence-corrected chi connectivity index (χ1v) is 6.85. The minimum Gasteiger partial charge on any atom is -0.356 e. The van der Waals surface area contributed by atoms with E-state index in [9.17, 15) is 4.79 Å². The van der Waals surface area contributed by atoms with Crippen LogP contribution >= 0.6 is 0 Å². The number of aromatic nitrogens is 1. The van der Waals surface area contributed by atoms with E-state index in [0.29, 0.717) is 23.4 Å². The van der Waals surface area contributed by atoms with Gasteiger partial charge in [0.15, 0.2) is 5.58 Å². The third-order valence-electron chi connectivity index (χ3n) is 3.30. The summed E-state index contributed by atoms with van der Waals surface area (Å²) in [6.45, 7) is 0. The first-order valence-electron chi connectivity index (χ1n) is 6.85. The topological polar surface area (TPSA) is 78.9 Å². The van der Waals surface area contributed by atoms with Crippen LogP contribution in [0.1, 0.15) is 11.3 Å². The van der Waals surface area contributed by atoms with Gasteiger partial charge in [-0.05, 0) is 29.8 Å². The fourth-order valence-electron chi connectivity index (χ4n) is 2.22. The zero-order valence-electron chi connectivity index (χ0n) is 11.7. The van der Waals surface area contributed by atoms with E-state index < -0.39 is 0 Å². The Balaban J connectivity index is 1.68. The molecule has 0 aliphatic carbocycles. The zero-order valence-corrected chi connectivity index (χ0v) is 11.7. The highest BCUT2D eigenvalue weighted by molar-refractivity contribution is 5.94. The number of rotatable bonds is 4. The van der Waals surface area contributed by atoms with Crippen LogP contribution in [-0.2, 0) is 17.6 Å². The molecule has 1 aromatic heterocycles. The number of nitrogens with one attached hydrogen (secondary N) is 1. The van der Waals surface area contributed by atoms with Crippen molar-refractivity contribution in [3.8, 4) is 6.07 Å². The van der Waals surface area contributed by atoms with Crippen LogP contribution in [0.25, 0.3) is 11.0 Å². The molecule has 0 unspecified atom stereocenters. The zero-order chi connectivity index (χ0) is 15.4. The summed E-state index contributed by atoms with van der Waals surface area (Å²) in [5.41, 5.74) is 2.91. The van der Waals surface area contributed by atoms with Crippen molar-refractivity contribution >= 4 is 22.6 Å². The highest BCUT2D eigenvalue weighted by Gasteiger charge is 2.12. The molecule has 0 saturated heterocycles. The predicted octanol–water partition coefficient (Wildman–Crippen LogP) is 3.08.